The summed E-state index contributed by atoms with van der Waals surface area (Å²) in [4.78, 5) is 0. The van der Waals surface area contributed by atoms with E-state index in [0.29, 0.717) is 12.8 Å². The average molecular weight is 288 g/mol. The van der Waals surface area contributed by atoms with Crippen molar-refractivity contribution in [3.63, 3.8) is 0 Å². The number of ether oxygens (including phenoxy) is 1. The fraction of sp³-hybridized carbons (Fsp3) is 1.00. The molecule has 4 nitrogen and oxygen atoms in total. The van der Waals surface area contributed by atoms with Crippen molar-refractivity contribution in [2.75, 3.05) is 12.4 Å². The lowest BCUT2D eigenvalue weighted by atomic mass is 10.1. The first-order chi connectivity index (χ1) is 8.42. The monoisotopic (exact) mass is 288 g/mol. The first-order valence-corrected chi connectivity index (χ1v) is 7.87. The van der Waals surface area contributed by atoms with Gasteiger partial charge in [0.05, 0.1) is 12.4 Å². The van der Waals surface area contributed by atoms with E-state index >= 15 is 0 Å². The van der Waals surface area contributed by atoms with Crippen LogP contribution in [0.15, 0.2) is 0 Å². The Kier molecular flexibility index (Phi) is 10.5. The van der Waals surface area contributed by atoms with Crippen molar-refractivity contribution in [1.29, 1.82) is 0 Å². The third-order valence-electron chi connectivity index (χ3n) is 2.54. The molecule has 0 unspecified atom stereocenters. The fourth-order valence-corrected chi connectivity index (χ4v) is 2.19. The van der Waals surface area contributed by atoms with Crippen LogP contribution in [0.5, 0.6) is 0 Å². The van der Waals surface area contributed by atoms with Gasteiger partial charge >= 0.3 is 6.61 Å². The second-order valence-electron chi connectivity index (χ2n) is 4.25. The summed E-state index contributed by atoms with van der Waals surface area (Å²) in [7, 11) is -3.81. The quantitative estimate of drug-likeness (QED) is 0.442. The zero-order chi connectivity index (χ0) is 13.9. The number of hydrogen-bond acceptors (Lipinski definition) is 3. The van der Waals surface area contributed by atoms with E-state index in [-0.39, 0.29) is 12.4 Å². The van der Waals surface area contributed by atoms with Crippen LogP contribution in [0.25, 0.3) is 0 Å². The van der Waals surface area contributed by atoms with Gasteiger partial charge in [0.25, 0.3) is 10.1 Å². The number of rotatable bonds is 12. The minimum Gasteiger partial charge on any atom is -0.323 e. The molecule has 0 saturated heterocycles. The summed E-state index contributed by atoms with van der Waals surface area (Å²) < 4.78 is 56.6. The van der Waals surface area contributed by atoms with Crippen LogP contribution in [-0.4, -0.2) is 31.9 Å². The van der Waals surface area contributed by atoms with Gasteiger partial charge in [-0.1, -0.05) is 38.5 Å². The molecule has 0 aromatic heterocycles. The molecular weight excluding hydrogens is 266 g/mol. The van der Waals surface area contributed by atoms with E-state index in [2.05, 4.69) is 4.74 Å². The number of unbranched alkanes of at least 4 members (excludes halogenated alkanes) is 7. The third kappa shape index (κ3) is 15.7. The first-order valence-electron chi connectivity index (χ1n) is 6.27. The lowest BCUT2D eigenvalue weighted by molar-refractivity contribution is -0.129. The van der Waals surface area contributed by atoms with Crippen molar-refractivity contribution in [1.82, 2.24) is 0 Å². The molecule has 0 rings (SSSR count). The molecule has 0 aliphatic rings. The Morgan fingerprint density at radius 3 is 1.78 bits per heavy atom. The van der Waals surface area contributed by atoms with Gasteiger partial charge in [0.1, 0.15) is 0 Å². The summed E-state index contributed by atoms with van der Waals surface area (Å²) >= 11 is 0. The first kappa shape index (κ1) is 17.7. The molecule has 0 saturated carbocycles. The van der Waals surface area contributed by atoms with Crippen molar-refractivity contribution >= 4 is 10.1 Å². The normalized spacial score (nSPS) is 12.2. The summed E-state index contributed by atoms with van der Waals surface area (Å²) in [5, 5.41) is 0. The Balaban J connectivity index is 3.08. The molecule has 7 heteroatoms. The molecular formula is C11H22F2O4S. The van der Waals surface area contributed by atoms with E-state index in [0.717, 1.165) is 38.5 Å². The highest BCUT2D eigenvalue weighted by atomic mass is 32.2. The maximum absolute atomic E-state index is 11.6. The maximum Gasteiger partial charge on any atom is 0.345 e. The Hall–Kier alpha value is -0.270. The minimum absolute atomic E-state index is 0.103. The van der Waals surface area contributed by atoms with Crippen molar-refractivity contribution < 1.29 is 26.5 Å². The lowest BCUT2D eigenvalue weighted by Gasteiger charge is -2.03. The smallest absolute Gasteiger partial charge is 0.323 e. The molecule has 0 aliphatic heterocycles. The van der Waals surface area contributed by atoms with Gasteiger partial charge in [-0.15, -0.1) is 0 Å². The van der Waals surface area contributed by atoms with Crippen LogP contribution in [0.2, 0.25) is 0 Å². The molecule has 1 N–H and O–H groups in total. The van der Waals surface area contributed by atoms with Gasteiger partial charge in [-0.05, 0) is 12.8 Å². The third-order valence-corrected chi connectivity index (χ3v) is 3.35. The van der Waals surface area contributed by atoms with Gasteiger partial charge in [0.2, 0.25) is 0 Å². The molecule has 0 aliphatic carbocycles. The van der Waals surface area contributed by atoms with E-state index in [4.69, 9.17) is 4.55 Å². The summed E-state index contributed by atoms with van der Waals surface area (Å²) in [6, 6.07) is 0. The molecule has 0 bridgehead atoms. The van der Waals surface area contributed by atoms with Gasteiger partial charge in [-0.3, -0.25) is 4.55 Å². The topological polar surface area (TPSA) is 63.6 Å². The van der Waals surface area contributed by atoms with Gasteiger partial charge in [-0.25, -0.2) is 0 Å². The highest BCUT2D eigenvalue weighted by Crippen LogP contribution is 2.09. The number of hydrogen-bond donors (Lipinski definition) is 1. The molecule has 0 atom stereocenters. The largest absolute Gasteiger partial charge is 0.345 e. The average Bonchev–Trinajstić information content (AvgIpc) is 2.24. The summed E-state index contributed by atoms with van der Waals surface area (Å²) in [6.07, 6.45) is 6.72. The van der Waals surface area contributed by atoms with Crippen LogP contribution in [-0.2, 0) is 14.9 Å². The second kappa shape index (κ2) is 10.6. The molecule has 18 heavy (non-hydrogen) atoms. The molecule has 0 aromatic rings. The fourth-order valence-electron chi connectivity index (χ4n) is 1.62. The standard InChI is InChI=1S/C11H22F2O4S/c12-11(13)17-9-7-5-3-1-2-4-6-8-10-18(14,15)16/h11H,1-10H2,(H,14,15,16). The zero-order valence-electron chi connectivity index (χ0n) is 10.5. The highest BCUT2D eigenvalue weighted by molar-refractivity contribution is 7.85. The van der Waals surface area contributed by atoms with Crippen LogP contribution < -0.4 is 0 Å². The van der Waals surface area contributed by atoms with Crippen molar-refractivity contribution in [2.45, 2.75) is 58.0 Å². The van der Waals surface area contributed by atoms with Gasteiger partial charge in [0.15, 0.2) is 0 Å². The number of halogens is 2. The van der Waals surface area contributed by atoms with Gasteiger partial charge in [-0.2, -0.15) is 17.2 Å². The maximum atomic E-state index is 11.6. The Morgan fingerprint density at radius 1 is 0.889 bits per heavy atom. The second-order valence-corrected chi connectivity index (χ2v) is 5.82. The molecule has 0 radical (unpaired) electrons. The molecule has 0 fully saturated rings. The van der Waals surface area contributed by atoms with E-state index in [9.17, 15) is 17.2 Å². The van der Waals surface area contributed by atoms with Gasteiger partial charge in [0, 0.05) is 0 Å². The zero-order valence-corrected chi connectivity index (χ0v) is 11.3. The van der Waals surface area contributed by atoms with Crippen molar-refractivity contribution in [3.8, 4) is 0 Å². The van der Waals surface area contributed by atoms with E-state index in [1.807, 2.05) is 0 Å². The van der Waals surface area contributed by atoms with Crippen LogP contribution in [0, 0.1) is 0 Å². The van der Waals surface area contributed by atoms with E-state index in [1.54, 1.807) is 0 Å². The summed E-state index contributed by atoms with van der Waals surface area (Å²) in [5.41, 5.74) is 0. The van der Waals surface area contributed by atoms with Crippen LogP contribution in [0.3, 0.4) is 0 Å². The Bertz CT molecular complexity index is 281. The summed E-state index contributed by atoms with van der Waals surface area (Å²) in [6.45, 7) is -2.57. The van der Waals surface area contributed by atoms with Crippen LogP contribution >= 0.6 is 0 Å². The molecule has 0 aromatic carbocycles. The number of alkyl halides is 2. The minimum atomic E-state index is -3.81. The molecule has 0 spiro atoms. The SMILES string of the molecule is O=S(=O)(O)CCCCCCCCCCOC(F)F. The van der Waals surface area contributed by atoms with Crippen LogP contribution in [0.1, 0.15) is 51.4 Å². The molecule has 0 amide bonds. The Morgan fingerprint density at radius 2 is 1.33 bits per heavy atom. The predicted octanol–water partition coefficient (Wildman–Crippen LogP) is 3.23. The van der Waals surface area contributed by atoms with Gasteiger partial charge < -0.3 is 4.74 Å². The Labute approximate surface area is 107 Å². The molecule has 110 valence electrons. The van der Waals surface area contributed by atoms with E-state index < -0.39 is 16.7 Å². The highest BCUT2D eigenvalue weighted by Gasteiger charge is 2.03. The van der Waals surface area contributed by atoms with E-state index in [1.165, 1.54) is 0 Å². The van der Waals surface area contributed by atoms with Crippen LogP contribution in [0.4, 0.5) is 8.78 Å². The molecule has 0 heterocycles. The predicted molar refractivity (Wildman–Crippen MR) is 65.3 cm³/mol. The summed E-state index contributed by atoms with van der Waals surface area (Å²) in [5.74, 6) is -0.169. The lowest BCUT2D eigenvalue weighted by Crippen LogP contribution is -2.03. The van der Waals surface area contributed by atoms with Crippen molar-refractivity contribution in [2.24, 2.45) is 0 Å². The van der Waals surface area contributed by atoms with Crippen molar-refractivity contribution in [3.05, 3.63) is 0 Å².